The average Bonchev–Trinajstić information content (AvgIpc) is 2.93. The molecule has 0 bridgehead atoms. The van der Waals surface area contributed by atoms with E-state index in [4.69, 9.17) is 4.74 Å². The Bertz CT molecular complexity index is 500. The van der Waals surface area contributed by atoms with Crippen molar-refractivity contribution in [2.75, 3.05) is 31.7 Å². The number of anilines is 1. The molecule has 1 aromatic carbocycles. The molecule has 1 aromatic rings. The first kappa shape index (κ1) is 14.4. The van der Waals surface area contributed by atoms with E-state index < -0.39 is 0 Å². The molecule has 2 atom stereocenters. The van der Waals surface area contributed by atoms with Crippen molar-refractivity contribution in [3.05, 3.63) is 29.8 Å². The van der Waals surface area contributed by atoms with E-state index in [2.05, 4.69) is 16.7 Å². The zero-order valence-corrected chi connectivity index (χ0v) is 12.5. The minimum Gasteiger partial charge on any atom is -0.379 e. The van der Waals surface area contributed by atoms with Crippen LogP contribution >= 0.6 is 0 Å². The molecule has 5 heteroatoms. The molecule has 0 spiro atoms. The van der Waals surface area contributed by atoms with Gasteiger partial charge in [-0.2, -0.15) is 0 Å². The van der Waals surface area contributed by atoms with Crippen molar-refractivity contribution in [1.82, 2.24) is 10.6 Å². The summed E-state index contributed by atoms with van der Waals surface area (Å²) in [4.78, 5) is 14.5. The van der Waals surface area contributed by atoms with Crippen LogP contribution in [0.25, 0.3) is 0 Å². The van der Waals surface area contributed by atoms with E-state index in [9.17, 15) is 4.79 Å². The molecule has 21 heavy (non-hydrogen) atoms. The number of ether oxygens (including phenoxy) is 1. The Hall–Kier alpha value is -1.59. The summed E-state index contributed by atoms with van der Waals surface area (Å²) in [7, 11) is 1.98. The van der Waals surface area contributed by atoms with Crippen LogP contribution < -0.4 is 15.5 Å². The van der Waals surface area contributed by atoms with Crippen molar-refractivity contribution >= 4 is 11.7 Å². The lowest BCUT2D eigenvalue weighted by atomic mass is 10.0. The summed E-state index contributed by atoms with van der Waals surface area (Å²) in [5.74, 6) is 0. The normalized spacial score (nSPS) is 25.3. The topological polar surface area (TPSA) is 53.6 Å². The van der Waals surface area contributed by atoms with Crippen LogP contribution in [0.15, 0.2) is 24.3 Å². The van der Waals surface area contributed by atoms with Crippen molar-refractivity contribution in [3.63, 3.8) is 0 Å². The standard InChI is InChI=1S/C16H23N3O2/c1-17-14-6-4-9-19(15-7-3-2-5-13(14)15)16(20)18-12-8-10-21-11-12/h2-3,5,7,12,14,17H,4,6,8-11H2,1H3,(H,18,20). The van der Waals surface area contributed by atoms with Gasteiger partial charge >= 0.3 is 6.03 Å². The number of hydrogen-bond acceptors (Lipinski definition) is 3. The molecule has 2 amide bonds. The van der Waals surface area contributed by atoms with Crippen LogP contribution in [0.1, 0.15) is 30.9 Å². The third-order valence-electron chi connectivity index (χ3n) is 4.33. The molecule has 1 saturated heterocycles. The maximum atomic E-state index is 12.6. The molecule has 2 unspecified atom stereocenters. The Kier molecular flexibility index (Phi) is 4.41. The van der Waals surface area contributed by atoms with Gasteiger partial charge in [-0.3, -0.25) is 4.90 Å². The van der Waals surface area contributed by atoms with Crippen molar-refractivity contribution in [2.24, 2.45) is 0 Å². The van der Waals surface area contributed by atoms with Crippen LogP contribution in [0.5, 0.6) is 0 Å². The van der Waals surface area contributed by atoms with Gasteiger partial charge < -0.3 is 15.4 Å². The van der Waals surface area contributed by atoms with Gasteiger partial charge in [-0.05, 0) is 37.9 Å². The Morgan fingerprint density at radius 2 is 2.19 bits per heavy atom. The van der Waals surface area contributed by atoms with Gasteiger partial charge in [-0.15, -0.1) is 0 Å². The van der Waals surface area contributed by atoms with E-state index in [0.717, 1.165) is 38.1 Å². The molecule has 0 saturated carbocycles. The molecule has 2 N–H and O–H groups in total. The monoisotopic (exact) mass is 289 g/mol. The van der Waals surface area contributed by atoms with Crippen LogP contribution in [0, 0.1) is 0 Å². The van der Waals surface area contributed by atoms with Gasteiger partial charge in [0.25, 0.3) is 0 Å². The second-order valence-electron chi connectivity index (χ2n) is 5.70. The largest absolute Gasteiger partial charge is 0.379 e. The molecular weight excluding hydrogens is 266 g/mol. The lowest BCUT2D eigenvalue weighted by Crippen LogP contribution is -2.45. The van der Waals surface area contributed by atoms with Gasteiger partial charge in [0, 0.05) is 19.2 Å². The third-order valence-corrected chi connectivity index (χ3v) is 4.33. The van der Waals surface area contributed by atoms with Crippen molar-refractivity contribution in [3.8, 4) is 0 Å². The molecule has 2 heterocycles. The smallest absolute Gasteiger partial charge is 0.322 e. The molecule has 1 fully saturated rings. The van der Waals surface area contributed by atoms with Crippen LogP contribution in [0.2, 0.25) is 0 Å². The zero-order chi connectivity index (χ0) is 14.7. The molecule has 2 aliphatic heterocycles. The van der Waals surface area contributed by atoms with Crippen molar-refractivity contribution in [1.29, 1.82) is 0 Å². The van der Waals surface area contributed by atoms with Crippen molar-refractivity contribution < 1.29 is 9.53 Å². The number of carbonyl (C=O) groups excluding carboxylic acids is 1. The molecule has 0 radical (unpaired) electrons. The number of para-hydroxylation sites is 1. The number of urea groups is 1. The van der Waals surface area contributed by atoms with Gasteiger partial charge in [0.15, 0.2) is 0 Å². The molecular formula is C16H23N3O2. The summed E-state index contributed by atoms with van der Waals surface area (Å²) in [5.41, 5.74) is 2.22. The summed E-state index contributed by atoms with van der Waals surface area (Å²) in [6.07, 6.45) is 2.94. The minimum absolute atomic E-state index is 0.00490. The maximum absolute atomic E-state index is 12.6. The van der Waals surface area contributed by atoms with Crippen LogP contribution in [-0.4, -0.2) is 38.9 Å². The zero-order valence-electron chi connectivity index (χ0n) is 12.5. The number of nitrogens with zero attached hydrogens (tertiary/aromatic N) is 1. The number of benzene rings is 1. The highest BCUT2D eigenvalue weighted by Gasteiger charge is 2.27. The minimum atomic E-state index is -0.00490. The van der Waals surface area contributed by atoms with Gasteiger partial charge in [0.05, 0.1) is 18.3 Å². The summed E-state index contributed by atoms with van der Waals surface area (Å²) < 4.78 is 5.33. The molecule has 114 valence electrons. The van der Waals surface area contributed by atoms with Gasteiger partial charge in [-0.1, -0.05) is 18.2 Å². The number of fused-ring (bicyclic) bond motifs is 1. The lowest BCUT2D eigenvalue weighted by molar-refractivity contribution is 0.189. The predicted molar refractivity (Wildman–Crippen MR) is 82.6 cm³/mol. The third kappa shape index (κ3) is 3.04. The molecule has 0 aromatic heterocycles. The number of rotatable bonds is 2. The van der Waals surface area contributed by atoms with Gasteiger partial charge in [0.1, 0.15) is 0 Å². The van der Waals surface area contributed by atoms with E-state index in [1.54, 1.807) is 0 Å². The first-order valence-electron chi connectivity index (χ1n) is 7.71. The van der Waals surface area contributed by atoms with E-state index in [0.29, 0.717) is 12.6 Å². The number of hydrogen-bond donors (Lipinski definition) is 2. The lowest BCUT2D eigenvalue weighted by Gasteiger charge is -2.25. The quantitative estimate of drug-likeness (QED) is 0.876. The number of nitrogens with one attached hydrogen (secondary N) is 2. The summed E-state index contributed by atoms with van der Waals surface area (Å²) >= 11 is 0. The fourth-order valence-electron chi connectivity index (χ4n) is 3.17. The fraction of sp³-hybridized carbons (Fsp3) is 0.562. The highest BCUT2D eigenvalue weighted by atomic mass is 16.5. The maximum Gasteiger partial charge on any atom is 0.322 e. The average molecular weight is 289 g/mol. The van der Waals surface area contributed by atoms with Crippen LogP contribution in [0.3, 0.4) is 0 Å². The van der Waals surface area contributed by atoms with Crippen LogP contribution in [0.4, 0.5) is 10.5 Å². The SMILES string of the molecule is CNC1CCCN(C(=O)NC2CCOC2)c2ccccc21. The molecule has 2 aliphatic rings. The van der Waals surface area contributed by atoms with Crippen molar-refractivity contribution in [2.45, 2.75) is 31.3 Å². The van der Waals surface area contributed by atoms with E-state index in [-0.39, 0.29) is 12.1 Å². The molecule has 5 nitrogen and oxygen atoms in total. The second kappa shape index (κ2) is 6.45. The predicted octanol–water partition coefficient (Wildman–Crippen LogP) is 2.05. The van der Waals surface area contributed by atoms with E-state index in [1.807, 2.05) is 30.1 Å². The Labute approximate surface area is 125 Å². The second-order valence-corrected chi connectivity index (χ2v) is 5.70. The van der Waals surface area contributed by atoms with Crippen LogP contribution in [-0.2, 0) is 4.74 Å². The Morgan fingerprint density at radius 1 is 1.33 bits per heavy atom. The van der Waals surface area contributed by atoms with E-state index in [1.165, 1.54) is 5.56 Å². The first-order chi connectivity index (χ1) is 10.3. The Balaban J connectivity index is 1.82. The number of amides is 2. The Morgan fingerprint density at radius 3 is 2.95 bits per heavy atom. The first-order valence-corrected chi connectivity index (χ1v) is 7.71. The summed E-state index contributed by atoms with van der Waals surface area (Å²) in [6.45, 7) is 2.12. The fourth-order valence-corrected chi connectivity index (χ4v) is 3.17. The highest BCUT2D eigenvalue weighted by molar-refractivity contribution is 5.93. The molecule has 0 aliphatic carbocycles. The van der Waals surface area contributed by atoms with E-state index >= 15 is 0 Å². The van der Waals surface area contributed by atoms with Gasteiger partial charge in [-0.25, -0.2) is 4.79 Å². The van der Waals surface area contributed by atoms with Gasteiger partial charge in [0.2, 0.25) is 0 Å². The summed E-state index contributed by atoms with van der Waals surface area (Å²) in [6, 6.07) is 8.64. The number of carbonyl (C=O) groups is 1. The summed E-state index contributed by atoms with van der Waals surface area (Å²) in [5, 5.41) is 6.45. The molecule has 3 rings (SSSR count). The highest BCUT2D eigenvalue weighted by Crippen LogP contribution is 2.32.